The monoisotopic (exact) mass is 348 g/mol. The molecule has 4 aromatic rings. The molecule has 4 rings (SSSR count). The van der Waals surface area contributed by atoms with Crippen molar-refractivity contribution in [2.24, 2.45) is 0 Å². The molecule has 128 valence electrons. The molecule has 8 heteroatoms. The normalized spacial score (nSPS) is 10.7. The van der Waals surface area contributed by atoms with Crippen LogP contribution in [0.1, 0.15) is 0 Å². The number of hydrogen-bond donors (Lipinski definition) is 2. The van der Waals surface area contributed by atoms with Crippen molar-refractivity contribution in [1.82, 2.24) is 25.0 Å². The lowest BCUT2D eigenvalue weighted by molar-refractivity contribution is 0.624. The Labute approximate surface area is 147 Å². The number of halogens is 1. The molecular weight excluding hydrogens is 335 g/mol. The Kier molecular flexibility index (Phi) is 3.98. The molecule has 7 nitrogen and oxygen atoms in total. The molecule has 26 heavy (non-hydrogen) atoms. The summed E-state index contributed by atoms with van der Waals surface area (Å²) in [6.07, 6.45) is 1.42. The van der Waals surface area contributed by atoms with Crippen LogP contribution in [-0.2, 0) is 0 Å². The standard InChI is InChI=1S/C18H13FN6O/c19-12-5-4-8-14(9-12)25-16(26)10-15(22-13-6-2-1-3-7-13)17(24-25)18-20-11-21-23-18/h1-11,22H,(H,20,21,23). The molecule has 0 aliphatic carbocycles. The van der Waals surface area contributed by atoms with Crippen LogP contribution >= 0.6 is 0 Å². The molecule has 0 fully saturated rings. The molecule has 2 heterocycles. The minimum absolute atomic E-state index is 0.314. The van der Waals surface area contributed by atoms with E-state index in [1.807, 2.05) is 30.3 Å². The van der Waals surface area contributed by atoms with E-state index in [1.165, 1.54) is 30.6 Å². The number of para-hydroxylation sites is 1. The Morgan fingerprint density at radius 1 is 1.04 bits per heavy atom. The van der Waals surface area contributed by atoms with Crippen LogP contribution in [0.2, 0.25) is 0 Å². The first-order valence-electron chi connectivity index (χ1n) is 7.79. The second kappa shape index (κ2) is 6.60. The summed E-state index contributed by atoms with van der Waals surface area (Å²) in [6, 6.07) is 16.4. The first-order valence-corrected chi connectivity index (χ1v) is 7.79. The van der Waals surface area contributed by atoms with Gasteiger partial charge in [-0.1, -0.05) is 24.3 Å². The maximum atomic E-state index is 13.5. The third-order valence-corrected chi connectivity index (χ3v) is 3.66. The summed E-state index contributed by atoms with van der Waals surface area (Å²) in [5.74, 6) is -0.143. The topological polar surface area (TPSA) is 88.5 Å². The average Bonchev–Trinajstić information content (AvgIpc) is 3.17. The number of aromatic amines is 1. The predicted octanol–water partition coefficient (Wildman–Crippen LogP) is 2.90. The molecule has 2 aromatic heterocycles. The van der Waals surface area contributed by atoms with Crippen molar-refractivity contribution >= 4 is 11.4 Å². The number of nitrogens with one attached hydrogen (secondary N) is 2. The minimum Gasteiger partial charge on any atom is -0.353 e. The van der Waals surface area contributed by atoms with E-state index in [0.717, 1.165) is 10.4 Å². The van der Waals surface area contributed by atoms with E-state index in [2.05, 4.69) is 25.6 Å². The van der Waals surface area contributed by atoms with Crippen LogP contribution in [0, 0.1) is 5.82 Å². The fourth-order valence-corrected chi connectivity index (χ4v) is 2.51. The Bertz CT molecular complexity index is 1090. The first-order chi connectivity index (χ1) is 12.7. The Hall–Kier alpha value is -3.81. The van der Waals surface area contributed by atoms with Crippen molar-refractivity contribution in [3.05, 3.63) is 83.2 Å². The number of hydrogen-bond acceptors (Lipinski definition) is 5. The molecule has 2 aromatic carbocycles. The van der Waals surface area contributed by atoms with Crippen LogP contribution in [0.5, 0.6) is 0 Å². The fourth-order valence-electron chi connectivity index (χ4n) is 2.51. The highest BCUT2D eigenvalue weighted by molar-refractivity contribution is 5.73. The SMILES string of the molecule is O=c1cc(Nc2ccccc2)c(-c2nc[nH]n2)nn1-c1cccc(F)c1. The Morgan fingerprint density at radius 2 is 1.88 bits per heavy atom. The van der Waals surface area contributed by atoms with Crippen molar-refractivity contribution in [3.63, 3.8) is 0 Å². The Balaban J connectivity index is 1.87. The summed E-state index contributed by atoms with van der Waals surface area (Å²) in [5, 5.41) is 14.2. The lowest BCUT2D eigenvalue weighted by Gasteiger charge is -2.12. The Morgan fingerprint density at radius 3 is 2.62 bits per heavy atom. The maximum absolute atomic E-state index is 13.5. The molecule has 0 bridgehead atoms. The fraction of sp³-hybridized carbons (Fsp3) is 0. The molecule has 0 aliphatic heterocycles. The zero-order chi connectivity index (χ0) is 17.9. The van der Waals surface area contributed by atoms with Crippen molar-refractivity contribution in [1.29, 1.82) is 0 Å². The van der Waals surface area contributed by atoms with Gasteiger partial charge in [0, 0.05) is 11.8 Å². The van der Waals surface area contributed by atoms with Crippen LogP contribution < -0.4 is 10.9 Å². The molecule has 0 spiro atoms. The third-order valence-electron chi connectivity index (χ3n) is 3.66. The summed E-state index contributed by atoms with van der Waals surface area (Å²) < 4.78 is 14.7. The molecular formula is C18H13FN6O. The maximum Gasteiger partial charge on any atom is 0.273 e. The number of benzene rings is 2. The second-order valence-electron chi connectivity index (χ2n) is 5.45. The lowest BCUT2D eigenvalue weighted by Crippen LogP contribution is -2.22. The highest BCUT2D eigenvalue weighted by atomic mass is 19.1. The molecule has 2 N–H and O–H groups in total. The van der Waals surface area contributed by atoms with Gasteiger partial charge >= 0.3 is 0 Å². The number of nitrogens with zero attached hydrogens (tertiary/aromatic N) is 4. The van der Waals surface area contributed by atoms with Gasteiger partial charge in [-0.15, -0.1) is 0 Å². The van der Waals surface area contributed by atoms with Crippen LogP contribution in [0.15, 0.2) is 71.8 Å². The van der Waals surface area contributed by atoms with Gasteiger partial charge in [0.15, 0.2) is 5.69 Å². The van der Waals surface area contributed by atoms with E-state index >= 15 is 0 Å². The second-order valence-corrected chi connectivity index (χ2v) is 5.45. The highest BCUT2D eigenvalue weighted by Crippen LogP contribution is 2.24. The highest BCUT2D eigenvalue weighted by Gasteiger charge is 2.15. The van der Waals surface area contributed by atoms with Gasteiger partial charge in [0.1, 0.15) is 12.1 Å². The zero-order valence-electron chi connectivity index (χ0n) is 13.4. The largest absolute Gasteiger partial charge is 0.353 e. The van der Waals surface area contributed by atoms with Crippen molar-refractivity contribution in [3.8, 4) is 17.2 Å². The molecule has 0 saturated carbocycles. The van der Waals surface area contributed by atoms with Crippen LogP contribution in [0.25, 0.3) is 17.2 Å². The van der Waals surface area contributed by atoms with Crippen molar-refractivity contribution in [2.45, 2.75) is 0 Å². The minimum atomic E-state index is -0.456. The molecule has 0 unspecified atom stereocenters. The van der Waals surface area contributed by atoms with Crippen LogP contribution in [-0.4, -0.2) is 25.0 Å². The van der Waals surface area contributed by atoms with Crippen molar-refractivity contribution < 1.29 is 4.39 Å². The van der Waals surface area contributed by atoms with E-state index < -0.39 is 11.4 Å². The van der Waals surface area contributed by atoms with E-state index in [9.17, 15) is 9.18 Å². The van der Waals surface area contributed by atoms with E-state index in [4.69, 9.17) is 0 Å². The average molecular weight is 348 g/mol. The number of rotatable bonds is 4. The van der Waals surface area contributed by atoms with E-state index in [0.29, 0.717) is 22.9 Å². The van der Waals surface area contributed by atoms with Gasteiger partial charge in [-0.2, -0.15) is 14.9 Å². The molecule has 0 atom stereocenters. The quantitative estimate of drug-likeness (QED) is 0.592. The van der Waals surface area contributed by atoms with Gasteiger partial charge in [-0.25, -0.2) is 9.37 Å². The van der Waals surface area contributed by atoms with E-state index in [-0.39, 0.29) is 0 Å². The number of aromatic nitrogens is 5. The summed E-state index contributed by atoms with van der Waals surface area (Å²) in [5.41, 5.74) is 1.51. The zero-order valence-corrected chi connectivity index (χ0v) is 13.4. The van der Waals surface area contributed by atoms with Gasteiger partial charge in [0.05, 0.1) is 11.4 Å². The lowest BCUT2D eigenvalue weighted by atomic mass is 10.2. The van der Waals surface area contributed by atoms with Gasteiger partial charge in [-0.05, 0) is 30.3 Å². The third kappa shape index (κ3) is 3.07. The van der Waals surface area contributed by atoms with Gasteiger partial charge in [-0.3, -0.25) is 9.89 Å². The number of H-pyrrole nitrogens is 1. The predicted molar refractivity (Wildman–Crippen MR) is 94.9 cm³/mol. The summed E-state index contributed by atoms with van der Waals surface area (Å²) >= 11 is 0. The molecule has 0 saturated heterocycles. The molecule has 0 aliphatic rings. The molecule has 0 radical (unpaired) electrons. The van der Waals surface area contributed by atoms with Gasteiger partial charge in [0.25, 0.3) is 5.56 Å². The first kappa shape index (κ1) is 15.7. The van der Waals surface area contributed by atoms with E-state index in [1.54, 1.807) is 6.07 Å². The number of anilines is 2. The summed E-state index contributed by atoms with van der Waals surface area (Å²) in [6.45, 7) is 0. The van der Waals surface area contributed by atoms with Gasteiger partial charge < -0.3 is 5.32 Å². The van der Waals surface area contributed by atoms with Crippen molar-refractivity contribution in [2.75, 3.05) is 5.32 Å². The van der Waals surface area contributed by atoms with Crippen LogP contribution in [0.4, 0.5) is 15.8 Å². The van der Waals surface area contributed by atoms with Crippen LogP contribution in [0.3, 0.4) is 0 Å². The summed E-state index contributed by atoms with van der Waals surface area (Å²) in [4.78, 5) is 16.7. The summed E-state index contributed by atoms with van der Waals surface area (Å²) in [7, 11) is 0. The smallest absolute Gasteiger partial charge is 0.273 e. The molecule has 0 amide bonds. The van der Waals surface area contributed by atoms with Gasteiger partial charge in [0.2, 0.25) is 5.82 Å².